The van der Waals surface area contributed by atoms with E-state index in [4.69, 9.17) is 9.47 Å². The Bertz CT molecular complexity index is 1080. The highest BCUT2D eigenvalue weighted by Crippen LogP contribution is 2.24. The molecule has 0 saturated heterocycles. The first-order chi connectivity index (χ1) is 15.4. The molecule has 0 bridgehead atoms. The molecule has 2 aromatic carbocycles. The molecule has 0 unspecified atom stereocenters. The number of hydrogen-bond acceptors (Lipinski definition) is 6. The van der Waals surface area contributed by atoms with E-state index in [-0.39, 0.29) is 23.9 Å². The van der Waals surface area contributed by atoms with Crippen LogP contribution in [0.1, 0.15) is 35.5 Å². The maximum absolute atomic E-state index is 13.9. The second kappa shape index (κ2) is 10.9. The predicted molar refractivity (Wildman–Crippen MR) is 121 cm³/mol. The molecule has 32 heavy (non-hydrogen) atoms. The zero-order valence-corrected chi connectivity index (χ0v) is 19.1. The van der Waals surface area contributed by atoms with Crippen molar-refractivity contribution >= 4 is 23.2 Å². The third-order valence-corrected chi connectivity index (χ3v) is 5.86. The first-order valence-electron chi connectivity index (χ1n) is 10.3. The lowest BCUT2D eigenvalue weighted by Gasteiger charge is -2.21. The van der Waals surface area contributed by atoms with Crippen molar-refractivity contribution in [1.82, 2.24) is 9.88 Å². The molecule has 0 radical (unpaired) electrons. The lowest BCUT2D eigenvalue weighted by atomic mass is 10.1. The molecule has 0 atom stereocenters. The number of carbonyl (C=O) groups excluding carboxylic acids is 2. The van der Waals surface area contributed by atoms with E-state index >= 15 is 0 Å². The number of carbonyl (C=O) groups is 2. The lowest BCUT2D eigenvalue weighted by molar-refractivity contribution is -0.134. The van der Waals surface area contributed by atoms with Crippen LogP contribution >= 0.6 is 11.3 Å². The van der Waals surface area contributed by atoms with Gasteiger partial charge in [0.25, 0.3) is 5.91 Å². The van der Waals surface area contributed by atoms with Crippen LogP contribution in [-0.4, -0.2) is 42.0 Å². The molecule has 6 nitrogen and oxygen atoms in total. The number of benzene rings is 2. The van der Waals surface area contributed by atoms with E-state index in [1.165, 1.54) is 41.0 Å². The number of likely N-dealkylation sites (N-methyl/N-ethyl adjacent to an activating group) is 1. The molecule has 0 aliphatic rings. The largest absolute Gasteiger partial charge is 0.494 e. The second-order valence-electron chi connectivity index (χ2n) is 7.04. The smallest absolute Gasteiger partial charge is 0.358 e. The average Bonchev–Trinajstić information content (AvgIpc) is 3.31. The Morgan fingerprint density at radius 3 is 2.44 bits per heavy atom. The summed E-state index contributed by atoms with van der Waals surface area (Å²) in [7, 11) is 1.39. The Labute approximate surface area is 190 Å². The number of amides is 1. The standard InChI is InChI=1S/C24H25FN2O4S/c1-4-16-6-9-18(10-7-16)23-26-20(15-32-23)24(29)31-14-22(28)27(5-2)13-17-8-11-21(30-3)19(25)12-17/h6-12,15H,4-5,13-14H2,1-3H3. The highest BCUT2D eigenvalue weighted by atomic mass is 32.1. The topological polar surface area (TPSA) is 68.7 Å². The van der Waals surface area contributed by atoms with Crippen molar-refractivity contribution in [3.63, 3.8) is 0 Å². The Hall–Kier alpha value is -3.26. The second-order valence-corrected chi connectivity index (χ2v) is 7.90. The van der Waals surface area contributed by atoms with Crippen molar-refractivity contribution in [1.29, 1.82) is 0 Å². The van der Waals surface area contributed by atoms with Gasteiger partial charge >= 0.3 is 5.97 Å². The number of aromatic nitrogens is 1. The number of hydrogen-bond donors (Lipinski definition) is 0. The van der Waals surface area contributed by atoms with Crippen LogP contribution in [-0.2, 0) is 22.5 Å². The van der Waals surface area contributed by atoms with Gasteiger partial charge in [-0.2, -0.15) is 0 Å². The van der Waals surface area contributed by atoms with Gasteiger partial charge in [-0.25, -0.2) is 14.2 Å². The maximum Gasteiger partial charge on any atom is 0.358 e. The lowest BCUT2D eigenvalue weighted by Crippen LogP contribution is -2.34. The van der Waals surface area contributed by atoms with Crippen LogP contribution < -0.4 is 4.74 Å². The molecular weight excluding hydrogens is 431 g/mol. The van der Waals surface area contributed by atoms with E-state index in [1.807, 2.05) is 24.3 Å². The van der Waals surface area contributed by atoms with Crippen molar-refractivity contribution in [2.45, 2.75) is 26.8 Å². The number of ether oxygens (including phenoxy) is 2. The molecule has 3 aromatic rings. The van der Waals surface area contributed by atoms with E-state index in [0.29, 0.717) is 17.1 Å². The summed E-state index contributed by atoms with van der Waals surface area (Å²) in [6, 6.07) is 12.5. The minimum Gasteiger partial charge on any atom is -0.494 e. The van der Waals surface area contributed by atoms with Crippen LogP contribution in [0.15, 0.2) is 47.8 Å². The highest BCUT2D eigenvalue weighted by Gasteiger charge is 2.18. The fraction of sp³-hybridized carbons (Fsp3) is 0.292. The SMILES string of the molecule is CCc1ccc(-c2nc(C(=O)OCC(=O)N(CC)Cc3ccc(OC)c(F)c3)cs2)cc1. The number of aryl methyl sites for hydroxylation is 1. The molecule has 168 valence electrons. The molecule has 1 aromatic heterocycles. The Morgan fingerprint density at radius 1 is 1.09 bits per heavy atom. The van der Waals surface area contributed by atoms with Gasteiger partial charge in [0, 0.05) is 24.0 Å². The fourth-order valence-electron chi connectivity index (χ4n) is 3.08. The van der Waals surface area contributed by atoms with E-state index in [1.54, 1.807) is 18.4 Å². The molecular formula is C24H25FN2O4S. The number of nitrogens with zero attached hydrogens (tertiary/aromatic N) is 2. The monoisotopic (exact) mass is 456 g/mol. The summed E-state index contributed by atoms with van der Waals surface area (Å²) >= 11 is 1.34. The summed E-state index contributed by atoms with van der Waals surface area (Å²) in [5.74, 6) is -1.38. The molecule has 0 spiro atoms. The maximum atomic E-state index is 13.9. The van der Waals surface area contributed by atoms with Crippen LogP contribution in [0.25, 0.3) is 10.6 Å². The summed E-state index contributed by atoms with van der Waals surface area (Å²) in [6.07, 6.45) is 0.950. The fourth-order valence-corrected chi connectivity index (χ4v) is 3.88. The first-order valence-corrected chi connectivity index (χ1v) is 11.1. The average molecular weight is 457 g/mol. The Kier molecular flexibility index (Phi) is 7.94. The van der Waals surface area contributed by atoms with Crippen LogP contribution in [0, 0.1) is 5.82 Å². The summed E-state index contributed by atoms with van der Waals surface area (Å²) in [5, 5.41) is 2.33. The predicted octanol–water partition coefficient (Wildman–Crippen LogP) is 4.73. The van der Waals surface area contributed by atoms with Gasteiger partial charge in [-0.3, -0.25) is 4.79 Å². The van der Waals surface area contributed by atoms with E-state index in [9.17, 15) is 14.0 Å². The third-order valence-electron chi connectivity index (χ3n) is 4.97. The summed E-state index contributed by atoms with van der Waals surface area (Å²) in [5.41, 5.74) is 2.92. The molecule has 1 amide bonds. The quantitative estimate of drug-likeness (QED) is 0.436. The minimum atomic E-state index is -0.655. The van der Waals surface area contributed by atoms with Gasteiger partial charge < -0.3 is 14.4 Å². The van der Waals surface area contributed by atoms with Crippen molar-refractivity contribution < 1.29 is 23.5 Å². The number of esters is 1. The van der Waals surface area contributed by atoms with Crippen LogP contribution in [0.4, 0.5) is 4.39 Å². The van der Waals surface area contributed by atoms with Crippen molar-refractivity contribution in [2.75, 3.05) is 20.3 Å². The Balaban J connectivity index is 1.57. The third kappa shape index (κ3) is 5.70. The highest BCUT2D eigenvalue weighted by molar-refractivity contribution is 7.13. The van der Waals surface area contributed by atoms with E-state index in [0.717, 1.165) is 12.0 Å². The van der Waals surface area contributed by atoms with Gasteiger partial charge in [-0.05, 0) is 36.6 Å². The summed E-state index contributed by atoms with van der Waals surface area (Å²) in [6.45, 7) is 4.06. The molecule has 3 rings (SSSR count). The molecule has 0 fully saturated rings. The van der Waals surface area contributed by atoms with Gasteiger partial charge in [-0.15, -0.1) is 11.3 Å². The number of methoxy groups -OCH3 is 1. The molecule has 0 aliphatic carbocycles. The molecule has 0 aliphatic heterocycles. The normalized spacial score (nSPS) is 10.6. The van der Waals surface area contributed by atoms with Gasteiger partial charge in [0.1, 0.15) is 5.01 Å². The summed E-state index contributed by atoms with van der Waals surface area (Å²) in [4.78, 5) is 30.7. The van der Waals surface area contributed by atoms with Gasteiger partial charge in [0.15, 0.2) is 23.9 Å². The number of halogens is 1. The Morgan fingerprint density at radius 2 is 1.81 bits per heavy atom. The molecule has 0 saturated carbocycles. The number of rotatable bonds is 9. The van der Waals surface area contributed by atoms with Crippen molar-refractivity contribution in [3.8, 4) is 16.3 Å². The van der Waals surface area contributed by atoms with Crippen LogP contribution in [0.3, 0.4) is 0 Å². The van der Waals surface area contributed by atoms with Gasteiger partial charge in [-0.1, -0.05) is 37.3 Å². The minimum absolute atomic E-state index is 0.140. The van der Waals surface area contributed by atoms with E-state index in [2.05, 4.69) is 11.9 Å². The first kappa shape index (κ1) is 23.4. The van der Waals surface area contributed by atoms with Crippen LogP contribution in [0.2, 0.25) is 0 Å². The van der Waals surface area contributed by atoms with Gasteiger partial charge in [0.05, 0.1) is 7.11 Å². The zero-order valence-electron chi connectivity index (χ0n) is 18.3. The molecule has 1 heterocycles. The van der Waals surface area contributed by atoms with E-state index < -0.39 is 18.4 Å². The van der Waals surface area contributed by atoms with Crippen LogP contribution in [0.5, 0.6) is 5.75 Å². The van der Waals surface area contributed by atoms with Crippen molar-refractivity contribution in [3.05, 3.63) is 70.5 Å². The number of thiazole rings is 1. The van der Waals surface area contributed by atoms with Gasteiger partial charge in [0.2, 0.25) is 0 Å². The molecule has 8 heteroatoms. The van der Waals surface area contributed by atoms with Crippen molar-refractivity contribution in [2.24, 2.45) is 0 Å². The summed E-state index contributed by atoms with van der Waals surface area (Å²) < 4.78 is 24.0. The molecule has 0 N–H and O–H groups in total. The zero-order chi connectivity index (χ0) is 23.1.